The van der Waals surface area contributed by atoms with Crippen molar-refractivity contribution in [3.05, 3.63) is 23.7 Å². The fourth-order valence-electron chi connectivity index (χ4n) is 8.81. The van der Waals surface area contributed by atoms with E-state index in [1.54, 1.807) is 0 Å². The van der Waals surface area contributed by atoms with E-state index in [2.05, 4.69) is 20.4 Å². The van der Waals surface area contributed by atoms with Crippen molar-refractivity contribution in [3.63, 3.8) is 0 Å². The molecule has 0 radical (unpaired) electrons. The lowest BCUT2D eigenvalue weighted by atomic mass is 9.40. The van der Waals surface area contributed by atoms with Gasteiger partial charge in [0.15, 0.2) is 5.76 Å². The number of allylic oxidation sites excluding steroid dienone is 1. The number of esters is 1. The molecule has 3 saturated carbocycles. The molecule has 4 rings (SSSR count). The summed E-state index contributed by atoms with van der Waals surface area (Å²) < 4.78 is 16.4. The van der Waals surface area contributed by atoms with Crippen LogP contribution in [0.3, 0.4) is 0 Å². The van der Waals surface area contributed by atoms with E-state index in [-0.39, 0.29) is 23.2 Å². The van der Waals surface area contributed by atoms with Gasteiger partial charge in [-0.25, -0.2) is 0 Å². The molecular weight excluding hydrogens is 564 g/mol. The van der Waals surface area contributed by atoms with E-state index in [1.807, 2.05) is 6.92 Å². The van der Waals surface area contributed by atoms with Gasteiger partial charge in [0.05, 0.1) is 12.0 Å². The molecule has 8 N–H and O–H groups in total. The van der Waals surface area contributed by atoms with Crippen molar-refractivity contribution < 1.29 is 59.9 Å². The molecule has 0 amide bonds. The van der Waals surface area contributed by atoms with Gasteiger partial charge in [-0.2, -0.15) is 0 Å². The molecule has 1 saturated heterocycles. The van der Waals surface area contributed by atoms with Crippen LogP contribution in [0, 0.1) is 28.1 Å². The number of carbonyl (C=O) groups is 1. The van der Waals surface area contributed by atoms with Gasteiger partial charge in [0.1, 0.15) is 30.5 Å². The van der Waals surface area contributed by atoms with Crippen LogP contribution in [0.25, 0.3) is 0 Å². The highest BCUT2D eigenvalue weighted by molar-refractivity contribution is 5.77. The van der Waals surface area contributed by atoms with Crippen molar-refractivity contribution in [1.82, 2.24) is 0 Å². The average Bonchev–Trinajstić information content (AvgIpc) is 2.94. The Morgan fingerprint density at radius 3 is 2.37 bits per heavy atom. The van der Waals surface area contributed by atoms with Gasteiger partial charge < -0.3 is 55.1 Å². The van der Waals surface area contributed by atoms with Crippen LogP contribution < -0.4 is 0 Å². The van der Waals surface area contributed by atoms with Gasteiger partial charge in [-0.15, -0.1) is 0 Å². The molecule has 1 heterocycles. The number of hydrogen-bond donors (Lipinski definition) is 8. The van der Waals surface area contributed by atoms with Crippen molar-refractivity contribution in [2.75, 3.05) is 13.2 Å². The molecule has 0 aromatic rings. The first-order valence-electron chi connectivity index (χ1n) is 15.4. The Balaban J connectivity index is 1.59. The highest BCUT2D eigenvalue weighted by Gasteiger charge is 2.62. The third kappa shape index (κ3) is 6.22. The molecule has 0 aromatic heterocycles. The molecule has 0 spiro atoms. The van der Waals surface area contributed by atoms with Gasteiger partial charge in [0.25, 0.3) is 6.29 Å². The summed E-state index contributed by atoms with van der Waals surface area (Å²) in [5.41, 5.74) is 0.253. The zero-order valence-electron chi connectivity index (χ0n) is 25.4. The molecule has 0 aromatic carbocycles. The van der Waals surface area contributed by atoms with Crippen molar-refractivity contribution in [1.29, 1.82) is 0 Å². The van der Waals surface area contributed by atoms with E-state index in [0.29, 0.717) is 12.3 Å². The summed E-state index contributed by atoms with van der Waals surface area (Å²) in [5.74, 6) is -2.21. The number of ether oxygens (including phenoxy) is 3. The Morgan fingerprint density at radius 2 is 1.72 bits per heavy atom. The van der Waals surface area contributed by atoms with Crippen LogP contribution in [0.4, 0.5) is 0 Å². The van der Waals surface area contributed by atoms with E-state index in [1.165, 1.54) is 5.57 Å². The lowest BCUT2D eigenvalue weighted by Crippen LogP contribution is -2.59. The first kappa shape index (κ1) is 34.1. The van der Waals surface area contributed by atoms with E-state index in [0.717, 1.165) is 44.9 Å². The second-order valence-electron chi connectivity index (χ2n) is 13.9. The normalized spacial score (nSPS) is 43.5. The Morgan fingerprint density at radius 1 is 1.02 bits per heavy atom. The smallest absolute Gasteiger partial charge is 0.314 e. The van der Waals surface area contributed by atoms with Gasteiger partial charge in [-0.05, 0) is 74.5 Å². The summed E-state index contributed by atoms with van der Waals surface area (Å²) in [6, 6.07) is 0. The molecule has 246 valence electrons. The third-order valence-electron chi connectivity index (χ3n) is 11.0. The molecule has 4 fully saturated rings. The molecule has 1 aliphatic heterocycles. The van der Waals surface area contributed by atoms with Gasteiger partial charge in [-0.1, -0.05) is 32.4 Å². The Bertz CT molecular complexity index is 1060. The maximum atomic E-state index is 13.9. The molecule has 12 nitrogen and oxygen atoms in total. The number of hydrogen-bond acceptors (Lipinski definition) is 12. The second kappa shape index (κ2) is 12.9. The largest absolute Gasteiger partial charge is 0.506 e. The molecule has 0 bridgehead atoms. The van der Waals surface area contributed by atoms with Crippen LogP contribution in [-0.2, 0) is 19.0 Å². The lowest BCUT2D eigenvalue weighted by molar-refractivity contribution is -0.299. The quantitative estimate of drug-likeness (QED) is 0.0797. The fraction of sp³-hybridized carbons (Fsp3) is 0.839. The second-order valence-corrected chi connectivity index (χ2v) is 13.9. The predicted octanol–water partition coefficient (Wildman–Crippen LogP) is 1.15. The van der Waals surface area contributed by atoms with Crippen LogP contribution in [0.15, 0.2) is 23.7 Å². The Kier molecular flexibility index (Phi) is 10.2. The number of fused-ring (bicyclic) bond motifs is 3. The number of carbonyl (C=O) groups excluding carboxylic acids is 1. The standard InChI is InChI=1S/C31H50O12/c1-16-6-7-19-29(2,14-16)12-8-20-30(19,3)10-5-11-31(20,4)28(40)43-26(39)25(21(35)17(34)9-13-32)42-27-24(38)23(37)22(36)18(15-33)41-27/h17-20,22-24,26-27,32-39H,1,5-15H2,2-4H3/b25-21+/t17?,18?,19-,20?,22?,23?,24?,26?,27?,29-,30+,31-/m1/s1. The number of rotatable bonds is 9. The zero-order chi connectivity index (χ0) is 31.9. The van der Waals surface area contributed by atoms with E-state index < -0.39 is 79.2 Å². The van der Waals surface area contributed by atoms with E-state index in [4.69, 9.17) is 14.2 Å². The highest BCUT2D eigenvalue weighted by atomic mass is 16.7. The third-order valence-corrected chi connectivity index (χ3v) is 11.0. The van der Waals surface area contributed by atoms with Crippen molar-refractivity contribution in [3.8, 4) is 0 Å². The molecule has 3 aliphatic carbocycles. The predicted molar refractivity (Wildman–Crippen MR) is 152 cm³/mol. The maximum absolute atomic E-state index is 13.9. The van der Waals surface area contributed by atoms with E-state index in [9.17, 15) is 45.6 Å². The van der Waals surface area contributed by atoms with Crippen molar-refractivity contribution in [2.45, 2.75) is 122 Å². The lowest BCUT2D eigenvalue weighted by Gasteiger charge is -2.63. The minimum atomic E-state index is -2.26. The van der Waals surface area contributed by atoms with Crippen LogP contribution in [-0.4, -0.2) is 103 Å². The van der Waals surface area contributed by atoms with Gasteiger partial charge in [0, 0.05) is 13.0 Å². The molecule has 12 atom stereocenters. The summed E-state index contributed by atoms with van der Waals surface area (Å²) in [6.07, 6.45) is -6.04. The fourth-order valence-corrected chi connectivity index (χ4v) is 8.81. The minimum Gasteiger partial charge on any atom is -0.506 e. The Labute approximate surface area is 252 Å². The van der Waals surface area contributed by atoms with Gasteiger partial charge in [0.2, 0.25) is 12.0 Å². The van der Waals surface area contributed by atoms with E-state index >= 15 is 0 Å². The van der Waals surface area contributed by atoms with Crippen molar-refractivity contribution >= 4 is 5.97 Å². The molecule has 43 heavy (non-hydrogen) atoms. The summed E-state index contributed by atoms with van der Waals surface area (Å²) in [6.45, 7) is 9.39. The first-order chi connectivity index (χ1) is 20.1. The highest BCUT2D eigenvalue weighted by Crippen LogP contribution is 2.68. The average molecular weight is 615 g/mol. The van der Waals surface area contributed by atoms with Gasteiger partial charge >= 0.3 is 5.97 Å². The first-order valence-corrected chi connectivity index (χ1v) is 15.4. The van der Waals surface area contributed by atoms with Crippen LogP contribution in [0.1, 0.15) is 78.6 Å². The summed E-state index contributed by atoms with van der Waals surface area (Å²) in [4.78, 5) is 13.9. The van der Waals surface area contributed by atoms with Gasteiger partial charge in [-0.3, -0.25) is 4.79 Å². The number of aliphatic hydroxyl groups is 8. The molecular formula is C31H50O12. The Hall–Kier alpha value is -1.77. The SMILES string of the molecule is C=C1CC[C@@H]2[C@](C)(CCC3[C@](C)(C(=O)OC(O)/C(OC4OC(CO)C(O)C(O)C4O)=C(\O)C(O)CCO)CCC[C@]32C)C1. The zero-order valence-corrected chi connectivity index (χ0v) is 25.4. The monoisotopic (exact) mass is 614 g/mol. The van der Waals surface area contributed by atoms with Crippen molar-refractivity contribution in [2.24, 2.45) is 28.1 Å². The summed E-state index contributed by atoms with van der Waals surface area (Å²) >= 11 is 0. The molecule has 12 heteroatoms. The summed E-state index contributed by atoms with van der Waals surface area (Å²) in [5, 5.41) is 81.7. The molecule has 8 unspecified atom stereocenters. The van der Waals surface area contributed by atoms with Crippen LogP contribution in [0.5, 0.6) is 0 Å². The van der Waals surface area contributed by atoms with Crippen LogP contribution >= 0.6 is 0 Å². The molecule has 4 aliphatic rings. The topological polar surface area (TPSA) is 207 Å². The number of aliphatic hydroxyl groups excluding tert-OH is 8. The summed E-state index contributed by atoms with van der Waals surface area (Å²) in [7, 11) is 0. The minimum absolute atomic E-state index is 0.0368. The van der Waals surface area contributed by atoms with Crippen LogP contribution in [0.2, 0.25) is 0 Å². The maximum Gasteiger partial charge on any atom is 0.314 e.